The van der Waals surface area contributed by atoms with Gasteiger partial charge in [-0.3, -0.25) is 9.37 Å². The van der Waals surface area contributed by atoms with E-state index < -0.39 is 0 Å². The quantitative estimate of drug-likeness (QED) is 0.623. The van der Waals surface area contributed by atoms with E-state index in [1.54, 1.807) is 0 Å². The average molecular weight is 333 g/mol. The van der Waals surface area contributed by atoms with E-state index >= 15 is 0 Å². The van der Waals surface area contributed by atoms with Gasteiger partial charge in [0.05, 0.1) is 19.6 Å². The van der Waals surface area contributed by atoms with Crippen LogP contribution < -0.4 is 4.90 Å². The summed E-state index contributed by atoms with van der Waals surface area (Å²) < 4.78 is 2.57. The third kappa shape index (κ3) is 3.37. The number of hydrogen-bond donors (Lipinski definition) is 0. The molecule has 4 rings (SSSR count). The zero-order chi connectivity index (χ0) is 17.1. The van der Waals surface area contributed by atoms with Crippen LogP contribution in [0, 0.1) is 0 Å². The van der Waals surface area contributed by atoms with E-state index in [4.69, 9.17) is 0 Å². The van der Waals surface area contributed by atoms with Crippen molar-refractivity contribution in [2.75, 3.05) is 24.5 Å². The average Bonchev–Trinajstić information content (AvgIpc) is 2.94. The Hall–Kier alpha value is -2.42. The van der Waals surface area contributed by atoms with Gasteiger partial charge in [0.1, 0.15) is 5.69 Å². The van der Waals surface area contributed by atoms with Crippen molar-refractivity contribution >= 4 is 17.3 Å². The van der Waals surface area contributed by atoms with Gasteiger partial charge in [-0.15, -0.1) is 0 Å². The minimum Gasteiger partial charge on any atom is -0.289 e. The van der Waals surface area contributed by atoms with Gasteiger partial charge in [-0.05, 0) is 43.5 Å². The summed E-state index contributed by atoms with van der Waals surface area (Å²) in [4.78, 5) is 15.0. The zero-order valence-corrected chi connectivity index (χ0v) is 14.7. The SMILES string of the molecule is O=C(c1ccccc1)c1ccc(N2CCC[N+]3=C2CCCCC3)cc1. The fourth-order valence-electron chi connectivity index (χ4n) is 3.97. The summed E-state index contributed by atoms with van der Waals surface area (Å²) in [6.07, 6.45) is 6.30. The topological polar surface area (TPSA) is 23.3 Å². The Morgan fingerprint density at radius 3 is 2.32 bits per heavy atom. The molecule has 0 amide bonds. The van der Waals surface area contributed by atoms with E-state index in [0.717, 1.165) is 17.7 Å². The molecule has 2 aromatic carbocycles. The lowest BCUT2D eigenvalue weighted by Crippen LogP contribution is -2.44. The third-order valence-electron chi connectivity index (χ3n) is 5.29. The summed E-state index contributed by atoms with van der Waals surface area (Å²) in [7, 11) is 0. The van der Waals surface area contributed by atoms with E-state index in [-0.39, 0.29) is 5.78 Å². The number of ketones is 1. The van der Waals surface area contributed by atoms with Crippen molar-refractivity contribution < 1.29 is 9.37 Å². The van der Waals surface area contributed by atoms with Crippen LogP contribution in [0.2, 0.25) is 0 Å². The zero-order valence-electron chi connectivity index (χ0n) is 14.7. The molecule has 0 unspecified atom stereocenters. The lowest BCUT2D eigenvalue weighted by Gasteiger charge is -2.26. The van der Waals surface area contributed by atoms with Gasteiger partial charge in [-0.1, -0.05) is 30.3 Å². The van der Waals surface area contributed by atoms with Crippen molar-refractivity contribution in [2.45, 2.75) is 32.1 Å². The molecule has 2 aliphatic heterocycles. The molecule has 25 heavy (non-hydrogen) atoms. The van der Waals surface area contributed by atoms with E-state index in [2.05, 4.69) is 21.6 Å². The minimum absolute atomic E-state index is 0.0922. The normalized spacial score (nSPS) is 17.8. The molecular formula is C22H25N2O+. The van der Waals surface area contributed by atoms with Crippen molar-refractivity contribution in [1.82, 2.24) is 0 Å². The molecule has 0 atom stereocenters. The Morgan fingerprint density at radius 1 is 0.800 bits per heavy atom. The fraction of sp³-hybridized carbons (Fsp3) is 0.364. The molecule has 3 nitrogen and oxygen atoms in total. The molecule has 2 aromatic rings. The Morgan fingerprint density at radius 2 is 1.52 bits per heavy atom. The molecule has 0 saturated carbocycles. The van der Waals surface area contributed by atoms with Crippen molar-refractivity contribution in [3.05, 3.63) is 65.7 Å². The van der Waals surface area contributed by atoms with E-state index in [1.165, 1.54) is 56.7 Å². The van der Waals surface area contributed by atoms with Crippen LogP contribution >= 0.6 is 0 Å². The summed E-state index contributed by atoms with van der Waals surface area (Å²) in [5, 5.41) is 0. The highest BCUT2D eigenvalue weighted by atomic mass is 16.1. The standard InChI is InChI=1S/C22H25N2O/c25-22(18-8-3-1-4-9-18)19-11-13-20(14-12-19)24-17-7-16-23-15-6-2-5-10-21(23)24/h1,3-4,8-9,11-14H,2,5-7,10,15-17H2/q+1. The van der Waals surface area contributed by atoms with Gasteiger partial charge in [0.25, 0.3) is 5.84 Å². The molecule has 0 radical (unpaired) electrons. The number of rotatable bonds is 3. The van der Waals surface area contributed by atoms with Crippen molar-refractivity contribution in [3.63, 3.8) is 0 Å². The van der Waals surface area contributed by atoms with Crippen molar-refractivity contribution in [1.29, 1.82) is 0 Å². The van der Waals surface area contributed by atoms with Gasteiger partial charge < -0.3 is 0 Å². The maximum absolute atomic E-state index is 12.6. The molecule has 2 aliphatic rings. The molecule has 2 heterocycles. The van der Waals surface area contributed by atoms with E-state index in [0.29, 0.717) is 0 Å². The molecule has 0 bridgehead atoms. The van der Waals surface area contributed by atoms with Gasteiger partial charge >= 0.3 is 0 Å². The fourth-order valence-corrected chi connectivity index (χ4v) is 3.97. The molecule has 0 fully saturated rings. The highest BCUT2D eigenvalue weighted by molar-refractivity contribution is 6.09. The predicted octanol–water partition coefficient (Wildman–Crippen LogP) is 4.11. The first-order chi connectivity index (χ1) is 12.3. The molecule has 3 heteroatoms. The van der Waals surface area contributed by atoms with Crippen LogP contribution in [-0.2, 0) is 0 Å². The van der Waals surface area contributed by atoms with Crippen LogP contribution in [0.15, 0.2) is 54.6 Å². The van der Waals surface area contributed by atoms with Gasteiger partial charge in [-0.2, -0.15) is 0 Å². The van der Waals surface area contributed by atoms with Crippen LogP contribution in [0.25, 0.3) is 0 Å². The van der Waals surface area contributed by atoms with E-state index in [1.807, 2.05) is 42.5 Å². The molecule has 0 aromatic heterocycles. The Labute approximate surface area is 149 Å². The van der Waals surface area contributed by atoms with Gasteiger partial charge in [0.15, 0.2) is 5.78 Å². The maximum atomic E-state index is 12.6. The second-order valence-corrected chi connectivity index (χ2v) is 6.96. The molecule has 0 N–H and O–H groups in total. The predicted molar refractivity (Wildman–Crippen MR) is 102 cm³/mol. The Kier molecular flexibility index (Phi) is 4.64. The molecule has 0 aliphatic carbocycles. The summed E-state index contributed by atoms with van der Waals surface area (Å²) in [5.74, 6) is 1.57. The van der Waals surface area contributed by atoms with Gasteiger partial charge in [0.2, 0.25) is 0 Å². The number of carbonyl (C=O) groups excluding carboxylic acids is 1. The molecule has 128 valence electrons. The highest BCUT2D eigenvalue weighted by Crippen LogP contribution is 2.23. The summed E-state index contributed by atoms with van der Waals surface area (Å²) in [5.41, 5.74) is 2.72. The third-order valence-corrected chi connectivity index (χ3v) is 5.29. The summed E-state index contributed by atoms with van der Waals surface area (Å²) in [6, 6.07) is 17.7. The van der Waals surface area contributed by atoms with Crippen molar-refractivity contribution in [2.24, 2.45) is 0 Å². The number of benzene rings is 2. The number of carbonyl (C=O) groups is 1. The lowest BCUT2D eigenvalue weighted by atomic mass is 10.0. The van der Waals surface area contributed by atoms with Crippen LogP contribution in [0.3, 0.4) is 0 Å². The second kappa shape index (κ2) is 7.22. The summed E-state index contributed by atoms with van der Waals surface area (Å²) in [6.45, 7) is 3.46. The van der Waals surface area contributed by atoms with Crippen LogP contribution in [-0.4, -0.2) is 35.8 Å². The van der Waals surface area contributed by atoms with Gasteiger partial charge in [-0.25, -0.2) is 4.90 Å². The largest absolute Gasteiger partial charge is 0.289 e. The van der Waals surface area contributed by atoms with Crippen molar-refractivity contribution in [3.8, 4) is 0 Å². The summed E-state index contributed by atoms with van der Waals surface area (Å²) >= 11 is 0. The van der Waals surface area contributed by atoms with Crippen LogP contribution in [0.1, 0.15) is 48.0 Å². The smallest absolute Gasteiger partial charge is 0.251 e. The number of nitrogens with zero attached hydrogens (tertiary/aromatic N) is 2. The Balaban J connectivity index is 1.58. The Bertz CT molecular complexity index is 777. The van der Waals surface area contributed by atoms with E-state index in [9.17, 15) is 4.79 Å². The minimum atomic E-state index is 0.0922. The number of anilines is 1. The van der Waals surface area contributed by atoms with Crippen LogP contribution in [0.5, 0.6) is 0 Å². The highest BCUT2D eigenvalue weighted by Gasteiger charge is 2.29. The second-order valence-electron chi connectivity index (χ2n) is 6.96. The lowest BCUT2D eigenvalue weighted by molar-refractivity contribution is -0.532. The van der Waals surface area contributed by atoms with Gasteiger partial charge in [0, 0.05) is 24.0 Å². The van der Waals surface area contributed by atoms with Crippen LogP contribution in [0.4, 0.5) is 5.69 Å². The maximum Gasteiger partial charge on any atom is 0.251 e. The molecule has 0 spiro atoms. The first-order valence-corrected chi connectivity index (χ1v) is 9.41. The first kappa shape index (κ1) is 16.1. The molecular weight excluding hydrogens is 308 g/mol. The number of hydrogen-bond acceptors (Lipinski definition) is 2. The number of amidine groups is 1. The molecule has 0 saturated heterocycles. The first-order valence-electron chi connectivity index (χ1n) is 9.41. The monoisotopic (exact) mass is 333 g/mol.